The molecule has 0 bridgehead atoms. The van der Waals surface area contributed by atoms with Crippen LogP contribution in [0.3, 0.4) is 0 Å². The molecule has 0 saturated carbocycles. The second-order valence-corrected chi connectivity index (χ2v) is 5.03. The second kappa shape index (κ2) is 5.87. The molecule has 1 aromatic rings. The van der Waals surface area contributed by atoms with Gasteiger partial charge in [0.1, 0.15) is 6.04 Å². The largest absolute Gasteiger partial charge is 0.467 e. The molecule has 0 spiro atoms. The van der Waals surface area contributed by atoms with Crippen LogP contribution in [0.5, 0.6) is 0 Å². The number of aliphatic imine (C=N–C) groups is 1. The highest BCUT2D eigenvalue weighted by Crippen LogP contribution is 2.21. The third kappa shape index (κ3) is 3.33. The first-order valence-electron chi connectivity index (χ1n) is 5.61. The Kier molecular flexibility index (Phi) is 4.20. The number of nitrogens with zero attached hydrogens (tertiary/aromatic N) is 1. The Hall–Kier alpha value is -1.29. The highest BCUT2D eigenvalue weighted by atomic mass is 32.2. The number of esters is 1. The number of thioether (sulfide) groups is 1. The van der Waals surface area contributed by atoms with Gasteiger partial charge in [0.15, 0.2) is 0 Å². The smallest absolute Gasteiger partial charge is 0.330 e. The van der Waals surface area contributed by atoms with Crippen molar-refractivity contribution in [3.63, 3.8) is 0 Å². The molecule has 1 heterocycles. The minimum absolute atomic E-state index is 0.226. The first-order chi connectivity index (χ1) is 8.29. The second-order valence-electron chi connectivity index (χ2n) is 3.86. The van der Waals surface area contributed by atoms with Crippen molar-refractivity contribution in [1.82, 2.24) is 0 Å². The highest BCUT2D eigenvalue weighted by molar-refractivity contribution is 8.14. The summed E-state index contributed by atoms with van der Waals surface area (Å²) in [5, 5.41) is 1.03. The summed E-state index contributed by atoms with van der Waals surface area (Å²) in [6.45, 7) is 0. The van der Waals surface area contributed by atoms with Crippen molar-refractivity contribution in [3.8, 4) is 0 Å². The van der Waals surface area contributed by atoms with Gasteiger partial charge in [-0.1, -0.05) is 30.3 Å². The highest BCUT2D eigenvalue weighted by Gasteiger charge is 2.22. The van der Waals surface area contributed by atoms with Crippen LogP contribution < -0.4 is 0 Å². The number of ether oxygens (including phenoxy) is 1. The molecule has 0 saturated heterocycles. The molecule has 4 heteroatoms. The molecule has 1 aromatic carbocycles. The number of methoxy groups -OCH3 is 1. The van der Waals surface area contributed by atoms with Gasteiger partial charge in [0.2, 0.25) is 0 Å². The van der Waals surface area contributed by atoms with Crippen LogP contribution in [0.25, 0.3) is 0 Å². The molecule has 0 radical (unpaired) electrons. The van der Waals surface area contributed by atoms with Crippen molar-refractivity contribution in [2.75, 3.05) is 12.9 Å². The fourth-order valence-corrected chi connectivity index (χ4v) is 2.78. The quantitative estimate of drug-likeness (QED) is 0.772. The molecule has 0 N–H and O–H groups in total. The van der Waals surface area contributed by atoms with E-state index in [0.29, 0.717) is 0 Å². The normalized spacial score (nSPS) is 19.6. The predicted octanol–water partition coefficient (Wildman–Crippen LogP) is 2.31. The maximum atomic E-state index is 11.4. The van der Waals surface area contributed by atoms with E-state index < -0.39 is 0 Å². The molecule has 90 valence electrons. The van der Waals surface area contributed by atoms with Gasteiger partial charge in [0.25, 0.3) is 0 Å². The molecular weight excluding hydrogens is 234 g/mol. The van der Waals surface area contributed by atoms with Crippen LogP contribution in [0, 0.1) is 0 Å². The fraction of sp³-hybridized carbons (Fsp3) is 0.385. The lowest BCUT2D eigenvalue weighted by Gasteiger charge is -2.18. The van der Waals surface area contributed by atoms with E-state index in [0.717, 1.165) is 23.6 Å². The molecule has 3 nitrogen and oxygen atoms in total. The summed E-state index contributed by atoms with van der Waals surface area (Å²) in [4.78, 5) is 15.9. The molecule has 2 rings (SSSR count). The van der Waals surface area contributed by atoms with Gasteiger partial charge in [0, 0.05) is 12.2 Å². The molecule has 0 aromatic heterocycles. The van der Waals surface area contributed by atoms with Crippen molar-refractivity contribution in [1.29, 1.82) is 0 Å². The first kappa shape index (κ1) is 12.2. The fourth-order valence-electron chi connectivity index (χ4n) is 1.74. The Morgan fingerprint density at radius 2 is 2.24 bits per heavy atom. The number of carbonyl (C=O) groups is 1. The SMILES string of the molecule is COC(=O)C1CCSC(Cc2ccccc2)=N1. The number of benzene rings is 1. The standard InChI is InChI=1S/C13H15NO2S/c1-16-13(15)11-7-8-17-12(14-11)9-10-5-3-2-4-6-10/h2-6,11H,7-9H2,1H3. The summed E-state index contributed by atoms with van der Waals surface area (Å²) in [5.74, 6) is 0.710. The Bertz CT molecular complexity index is 417. The Balaban J connectivity index is 2.05. The molecule has 0 fully saturated rings. The van der Waals surface area contributed by atoms with E-state index in [9.17, 15) is 4.79 Å². The Labute approximate surface area is 105 Å². The van der Waals surface area contributed by atoms with Gasteiger partial charge >= 0.3 is 5.97 Å². The van der Waals surface area contributed by atoms with Gasteiger partial charge in [-0.15, -0.1) is 11.8 Å². The van der Waals surface area contributed by atoms with Crippen molar-refractivity contribution in [2.45, 2.75) is 18.9 Å². The van der Waals surface area contributed by atoms with Crippen LogP contribution >= 0.6 is 11.8 Å². The monoisotopic (exact) mass is 249 g/mol. The molecule has 1 aliphatic heterocycles. The zero-order valence-electron chi connectivity index (χ0n) is 9.76. The van der Waals surface area contributed by atoms with Crippen LogP contribution in [-0.4, -0.2) is 29.9 Å². The van der Waals surface area contributed by atoms with Crippen molar-refractivity contribution >= 4 is 22.8 Å². The van der Waals surface area contributed by atoms with E-state index in [1.54, 1.807) is 11.8 Å². The van der Waals surface area contributed by atoms with Gasteiger partial charge < -0.3 is 4.74 Å². The summed E-state index contributed by atoms with van der Waals surface area (Å²) in [5.41, 5.74) is 1.23. The molecular formula is C13H15NO2S. The first-order valence-corrected chi connectivity index (χ1v) is 6.59. The van der Waals surface area contributed by atoms with Gasteiger partial charge in [-0.2, -0.15) is 0 Å². The molecule has 0 aliphatic carbocycles. The van der Waals surface area contributed by atoms with Gasteiger partial charge in [-0.25, -0.2) is 4.79 Å². The molecule has 1 unspecified atom stereocenters. The van der Waals surface area contributed by atoms with E-state index in [2.05, 4.69) is 17.1 Å². The lowest BCUT2D eigenvalue weighted by atomic mass is 10.1. The number of hydrogen-bond donors (Lipinski definition) is 0. The Morgan fingerprint density at radius 3 is 2.94 bits per heavy atom. The van der Waals surface area contributed by atoms with Crippen LogP contribution in [0.15, 0.2) is 35.3 Å². The lowest BCUT2D eigenvalue weighted by Crippen LogP contribution is -2.25. The van der Waals surface area contributed by atoms with Crippen LogP contribution in [0.4, 0.5) is 0 Å². The van der Waals surface area contributed by atoms with E-state index >= 15 is 0 Å². The maximum Gasteiger partial charge on any atom is 0.330 e. The van der Waals surface area contributed by atoms with Crippen molar-refractivity contribution in [2.24, 2.45) is 4.99 Å². The average Bonchev–Trinajstić information content (AvgIpc) is 2.39. The summed E-state index contributed by atoms with van der Waals surface area (Å²) in [6.07, 6.45) is 1.58. The topological polar surface area (TPSA) is 38.7 Å². The van der Waals surface area contributed by atoms with Crippen molar-refractivity contribution in [3.05, 3.63) is 35.9 Å². The van der Waals surface area contributed by atoms with E-state index in [-0.39, 0.29) is 12.0 Å². The number of carbonyl (C=O) groups excluding carboxylic acids is 1. The molecule has 17 heavy (non-hydrogen) atoms. The van der Waals surface area contributed by atoms with Crippen LogP contribution in [0.1, 0.15) is 12.0 Å². The van der Waals surface area contributed by atoms with Crippen LogP contribution in [-0.2, 0) is 16.0 Å². The third-order valence-corrected chi connectivity index (χ3v) is 3.65. The minimum Gasteiger partial charge on any atom is -0.467 e. The third-order valence-electron chi connectivity index (χ3n) is 2.63. The zero-order valence-corrected chi connectivity index (χ0v) is 10.6. The molecule has 0 amide bonds. The lowest BCUT2D eigenvalue weighted by molar-refractivity contribution is -0.142. The van der Waals surface area contributed by atoms with E-state index in [1.165, 1.54) is 12.7 Å². The van der Waals surface area contributed by atoms with Gasteiger partial charge in [-0.3, -0.25) is 4.99 Å². The zero-order chi connectivity index (χ0) is 12.1. The molecule has 1 aliphatic rings. The van der Waals surface area contributed by atoms with E-state index in [1.807, 2.05) is 18.2 Å². The Morgan fingerprint density at radius 1 is 1.47 bits per heavy atom. The number of rotatable bonds is 3. The van der Waals surface area contributed by atoms with Crippen LogP contribution in [0.2, 0.25) is 0 Å². The van der Waals surface area contributed by atoms with Gasteiger partial charge in [0.05, 0.1) is 12.2 Å². The number of hydrogen-bond acceptors (Lipinski definition) is 4. The maximum absolute atomic E-state index is 11.4. The summed E-state index contributed by atoms with van der Waals surface area (Å²) < 4.78 is 4.73. The summed E-state index contributed by atoms with van der Waals surface area (Å²) in [7, 11) is 1.41. The minimum atomic E-state index is -0.306. The summed E-state index contributed by atoms with van der Waals surface area (Å²) >= 11 is 1.73. The summed E-state index contributed by atoms with van der Waals surface area (Å²) in [6, 6.07) is 9.87. The molecule has 1 atom stereocenters. The van der Waals surface area contributed by atoms with Crippen molar-refractivity contribution < 1.29 is 9.53 Å². The van der Waals surface area contributed by atoms with Gasteiger partial charge in [-0.05, 0) is 12.0 Å². The van der Waals surface area contributed by atoms with E-state index in [4.69, 9.17) is 4.74 Å². The average molecular weight is 249 g/mol. The predicted molar refractivity (Wildman–Crippen MR) is 70.5 cm³/mol.